The van der Waals surface area contributed by atoms with Crippen LogP contribution in [0.4, 0.5) is 0 Å². The molecule has 6 nitrogen and oxygen atoms in total. The van der Waals surface area contributed by atoms with Crippen molar-refractivity contribution < 1.29 is 28.6 Å². The standard InChI is InChI=1S/C73H116O6/c1-4-7-10-13-16-19-22-25-27-29-31-33-34-35-36-37-38-40-41-43-45-48-51-54-57-60-63-66-72(75)78-69-70(68-77-71(74)65-62-59-56-53-50-47-24-21-18-15-12-9-6-3)79-73(76)67-64-61-58-55-52-49-46-44-42-39-32-30-28-26-23-20-17-14-11-8-5-2/h7,10,12,15-16,19,21,23-27,30-33,35-36,38,40,42-45,51,54,70H,4-6,8-9,11,13-14,17-18,20,22,28-29,34,37,39,41,46-50,52-53,55-69H2,1-3H3/b10-7-,15-12-,19-16-,24-21-,26-23-,27-25-,32-30-,33-31-,36-35-,40-38-,44-42-,45-43-,54-51-. The molecule has 0 fully saturated rings. The first-order valence-corrected chi connectivity index (χ1v) is 32.0. The molecule has 0 bridgehead atoms. The number of allylic oxidation sites excluding steroid dienone is 26. The number of carbonyl (C=O) groups is 3. The third kappa shape index (κ3) is 63.7. The molecule has 79 heavy (non-hydrogen) atoms. The van der Waals surface area contributed by atoms with Crippen LogP contribution in [-0.4, -0.2) is 37.2 Å². The van der Waals surface area contributed by atoms with Crippen molar-refractivity contribution in [1.29, 1.82) is 0 Å². The van der Waals surface area contributed by atoms with Gasteiger partial charge < -0.3 is 14.2 Å². The van der Waals surface area contributed by atoms with E-state index in [4.69, 9.17) is 14.2 Å². The minimum atomic E-state index is -0.818. The number of hydrogen-bond acceptors (Lipinski definition) is 6. The van der Waals surface area contributed by atoms with E-state index in [2.05, 4.69) is 179 Å². The van der Waals surface area contributed by atoms with Crippen molar-refractivity contribution in [1.82, 2.24) is 0 Å². The predicted octanol–water partition coefficient (Wildman–Crippen LogP) is 22.1. The van der Waals surface area contributed by atoms with Gasteiger partial charge in [-0.1, -0.05) is 256 Å². The van der Waals surface area contributed by atoms with E-state index in [1.54, 1.807) is 0 Å². The quantitative estimate of drug-likeness (QED) is 0.0261. The van der Waals surface area contributed by atoms with Crippen LogP contribution in [0.1, 0.15) is 265 Å². The van der Waals surface area contributed by atoms with Crippen LogP contribution >= 0.6 is 0 Å². The first-order chi connectivity index (χ1) is 39.0. The Morgan fingerprint density at radius 1 is 0.266 bits per heavy atom. The molecule has 6 heteroatoms. The summed E-state index contributed by atoms with van der Waals surface area (Å²) in [6.45, 7) is 6.39. The van der Waals surface area contributed by atoms with E-state index >= 15 is 0 Å². The van der Waals surface area contributed by atoms with E-state index in [0.717, 1.165) is 161 Å². The second-order valence-electron chi connectivity index (χ2n) is 20.6. The van der Waals surface area contributed by atoms with Gasteiger partial charge in [0.2, 0.25) is 0 Å². The van der Waals surface area contributed by atoms with Gasteiger partial charge in [-0.25, -0.2) is 0 Å². The summed E-state index contributed by atoms with van der Waals surface area (Å²) in [5.74, 6) is -0.986. The average molecular weight is 1090 g/mol. The summed E-state index contributed by atoms with van der Waals surface area (Å²) < 4.78 is 16.9. The van der Waals surface area contributed by atoms with Crippen molar-refractivity contribution in [2.75, 3.05) is 13.2 Å². The molecular formula is C73H116O6. The maximum atomic E-state index is 12.9. The molecule has 0 amide bonds. The zero-order chi connectivity index (χ0) is 57.1. The van der Waals surface area contributed by atoms with Gasteiger partial charge >= 0.3 is 17.9 Å². The van der Waals surface area contributed by atoms with Crippen molar-refractivity contribution in [3.63, 3.8) is 0 Å². The summed E-state index contributed by atoms with van der Waals surface area (Å²) in [5, 5.41) is 0. The zero-order valence-corrected chi connectivity index (χ0v) is 50.8. The SMILES string of the molecule is CC/C=C\C/C=C\C/C=C\C/C=C\C/C=C\C/C=C\C/C=C\C/C=C\CCCCC(=O)OCC(COC(=O)CCCCCCC/C=C\C/C=C\CCC)OC(=O)CCCCCCCC/C=C\C/C=C\C/C=C\CCCCCCC. The lowest BCUT2D eigenvalue weighted by Gasteiger charge is -2.18. The third-order valence-electron chi connectivity index (χ3n) is 13.0. The Hall–Kier alpha value is -4.97. The molecule has 0 aliphatic carbocycles. The fourth-order valence-electron chi connectivity index (χ4n) is 8.21. The Kier molecular flexibility index (Phi) is 61.4. The van der Waals surface area contributed by atoms with E-state index in [9.17, 15) is 14.4 Å². The summed E-state index contributed by atoms with van der Waals surface area (Å²) in [5.41, 5.74) is 0. The van der Waals surface area contributed by atoms with Crippen molar-refractivity contribution in [3.05, 3.63) is 158 Å². The molecule has 0 saturated heterocycles. The fraction of sp³-hybridized carbons (Fsp3) is 0.603. The van der Waals surface area contributed by atoms with Gasteiger partial charge in [0.1, 0.15) is 13.2 Å². The molecule has 0 aliphatic heterocycles. The summed E-state index contributed by atoms with van der Waals surface area (Å²) >= 11 is 0. The highest BCUT2D eigenvalue weighted by atomic mass is 16.6. The van der Waals surface area contributed by atoms with Gasteiger partial charge in [0, 0.05) is 19.3 Å². The van der Waals surface area contributed by atoms with E-state index in [1.165, 1.54) is 57.8 Å². The molecule has 444 valence electrons. The summed E-state index contributed by atoms with van der Waals surface area (Å²) in [7, 11) is 0. The summed E-state index contributed by atoms with van der Waals surface area (Å²) in [4.78, 5) is 38.3. The van der Waals surface area contributed by atoms with Gasteiger partial charge in [0.05, 0.1) is 0 Å². The number of rotatable bonds is 56. The Morgan fingerprint density at radius 2 is 0.519 bits per heavy atom. The molecule has 0 aromatic heterocycles. The molecule has 0 spiro atoms. The highest BCUT2D eigenvalue weighted by Crippen LogP contribution is 2.13. The van der Waals surface area contributed by atoms with Gasteiger partial charge in [0.25, 0.3) is 0 Å². The Balaban J connectivity index is 4.49. The van der Waals surface area contributed by atoms with Crippen molar-refractivity contribution in [2.24, 2.45) is 0 Å². The van der Waals surface area contributed by atoms with Gasteiger partial charge in [-0.3, -0.25) is 14.4 Å². The lowest BCUT2D eigenvalue weighted by molar-refractivity contribution is -0.167. The second kappa shape index (κ2) is 65.5. The number of carbonyl (C=O) groups excluding carboxylic acids is 3. The number of hydrogen-bond donors (Lipinski definition) is 0. The van der Waals surface area contributed by atoms with Crippen LogP contribution in [0.5, 0.6) is 0 Å². The van der Waals surface area contributed by atoms with Gasteiger partial charge in [-0.2, -0.15) is 0 Å². The molecular weight excluding hydrogens is 973 g/mol. The van der Waals surface area contributed by atoms with Gasteiger partial charge in [0.15, 0.2) is 6.10 Å². The molecule has 0 heterocycles. The highest BCUT2D eigenvalue weighted by molar-refractivity contribution is 5.71. The van der Waals surface area contributed by atoms with Crippen molar-refractivity contribution >= 4 is 17.9 Å². The Labute approximate surface area is 486 Å². The highest BCUT2D eigenvalue weighted by Gasteiger charge is 2.19. The first-order valence-electron chi connectivity index (χ1n) is 32.0. The smallest absolute Gasteiger partial charge is 0.306 e. The van der Waals surface area contributed by atoms with Gasteiger partial charge in [-0.05, 0) is 148 Å². The molecule has 0 saturated carbocycles. The lowest BCUT2D eigenvalue weighted by Crippen LogP contribution is -2.30. The maximum Gasteiger partial charge on any atom is 0.306 e. The molecule has 0 aliphatic rings. The van der Waals surface area contributed by atoms with E-state index in [0.29, 0.717) is 19.3 Å². The van der Waals surface area contributed by atoms with Crippen LogP contribution in [0.25, 0.3) is 0 Å². The molecule has 0 N–H and O–H groups in total. The van der Waals surface area contributed by atoms with Crippen LogP contribution < -0.4 is 0 Å². The minimum Gasteiger partial charge on any atom is -0.462 e. The molecule has 0 rings (SSSR count). The number of unbranched alkanes of at least 4 members (excludes halogenated alkanes) is 19. The topological polar surface area (TPSA) is 78.9 Å². The predicted molar refractivity (Wildman–Crippen MR) is 343 cm³/mol. The van der Waals surface area contributed by atoms with Crippen LogP contribution in [-0.2, 0) is 28.6 Å². The van der Waals surface area contributed by atoms with E-state index in [-0.39, 0.29) is 37.5 Å². The monoisotopic (exact) mass is 1090 g/mol. The van der Waals surface area contributed by atoms with Gasteiger partial charge in [-0.15, -0.1) is 0 Å². The minimum absolute atomic E-state index is 0.111. The van der Waals surface area contributed by atoms with Crippen LogP contribution in [0.2, 0.25) is 0 Å². The average Bonchev–Trinajstić information content (AvgIpc) is 3.45. The lowest BCUT2D eigenvalue weighted by atomic mass is 10.1. The van der Waals surface area contributed by atoms with Crippen LogP contribution in [0, 0.1) is 0 Å². The second-order valence-corrected chi connectivity index (χ2v) is 20.6. The largest absolute Gasteiger partial charge is 0.462 e. The third-order valence-corrected chi connectivity index (χ3v) is 13.0. The molecule has 0 aromatic rings. The number of ether oxygens (including phenoxy) is 3. The normalized spacial score (nSPS) is 13.2. The van der Waals surface area contributed by atoms with E-state index < -0.39 is 6.10 Å². The molecule has 0 radical (unpaired) electrons. The fourth-order valence-corrected chi connectivity index (χ4v) is 8.21. The molecule has 0 aromatic carbocycles. The maximum absolute atomic E-state index is 12.9. The summed E-state index contributed by atoms with van der Waals surface area (Å²) in [6, 6.07) is 0. The van der Waals surface area contributed by atoms with E-state index in [1.807, 2.05) is 0 Å². The molecule has 1 unspecified atom stereocenters. The zero-order valence-electron chi connectivity index (χ0n) is 50.8. The Morgan fingerprint density at radius 3 is 0.848 bits per heavy atom. The first kappa shape index (κ1) is 74.0. The van der Waals surface area contributed by atoms with Crippen molar-refractivity contribution in [3.8, 4) is 0 Å². The van der Waals surface area contributed by atoms with Crippen LogP contribution in [0.3, 0.4) is 0 Å². The summed E-state index contributed by atoms with van der Waals surface area (Å²) in [6.07, 6.45) is 95.3. The number of esters is 3. The Bertz CT molecular complexity index is 1780. The van der Waals surface area contributed by atoms with Crippen LogP contribution in [0.15, 0.2) is 158 Å². The molecule has 1 atom stereocenters. The van der Waals surface area contributed by atoms with Crippen molar-refractivity contribution in [2.45, 2.75) is 271 Å².